The molecule has 0 radical (unpaired) electrons. The minimum atomic E-state index is -0.829. The number of Topliss-reactive ketones (excluding diaryl/α,β-unsaturated/α-hetero) is 2. The van der Waals surface area contributed by atoms with Crippen LogP contribution in [0.1, 0.15) is 107 Å². The Hall–Kier alpha value is -4.93. The van der Waals surface area contributed by atoms with Crippen LogP contribution in [-0.4, -0.2) is 56.5 Å². The summed E-state index contributed by atoms with van der Waals surface area (Å²) < 4.78 is 2.15. The first kappa shape index (κ1) is 33.2. The van der Waals surface area contributed by atoms with Crippen molar-refractivity contribution in [1.29, 1.82) is 0 Å². The number of aromatic amines is 1. The lowest BCUT2D eigenvalue weighted by molar-refractivity contribution is -0.119. The van der Waals surface area contributed by atoms with Crippen molar-refractivity contribution < 1.29 is 9.59 Å². The number of fused-ring (bicyclic) bond motifs is 2. The Morgan fingerprint density at radius 3 is 2.41 bits per heavy atom. The molecule has 3 aromatic heterocycles. The summed E-state index contributed by atoms with van der Waals surface area (Å²) in [4.78, 5) is 41.8. The number of H-pyrrole nitrogens is 1. The summed E-state index contributed by atoms with van der Waals surface area (Å²) in [5.74, 6) is 2.06. The Morgan fingerprint density at radius 2 is 1.73 bits per heavy atom. The zero-order valence-corrected chi connectivity index (χ0v) is 30.7. The Kier molecular flexibility index (Phi) is 7.35. The van der Waals surface area contributed by atoms with Gasteiger partial charge in [0.25, 0.3) is 0 Å². The van der Waals surface area contributed by atoms with Gasteiger partial charge in [-0.05, 0) is 75.6 Å². The molecule has 3 unspecified atom stereocenters. The summed E-state index contributed by atoms with van der Waals surface area (Å²) in [6.07, 6.45) is 11.4. The molecule has 3 N–H and O–H groups in total. The number of allylic oxidation sites excluding steroid dienone is 5. The van der Waals surface area contributed by atoms with E-state index in [1.165, 1.54) is 0 Å². The van der Waals surface area contributed by atoms with Gasteiger partial charge in [0.05, 0.1) is 10.8 Å². The van der Waals surface area contributed by atoms with E-state index in [1.807, 2.05) is 31.5 Å². The first-order valence-electron chi connectivity index (χ1n) is 18.0. The van der Waals surface area contributed by atoms with Gasteiger partial charge in [-0.15, -0.1) is 0 Å². The van der Waals surface area contributed by atoms with Crippen LogP contribution in [-0.2, 0) is 27.0 Å². The van der Waals surface area contributed by atoms with E-state index in [-0.39, 0.29) is 17.0 Å². The quantitative estimate of drug-likeness (QED) is 0.231. The van der Waals surface area contributed by atoms with Crippen molar-refractivity contribution in [3.63, 3.8) is 0 Å². The van der Waals surface area contributed by atoms with Gasteiger partial charge < -0.3 is 10.6 Å². The molecule has 3 aromatic rings. The molecule has 3 atom stereocenters. The van der Waals surface area contributed by atoms with E-state index in [9.17, 15) is 9.59 Å². The first-order chi connectivity index (χ1) is 24.2. The zero-order chi connectivity index (χ0) is 36.1. The van der Waals surface area contributed by atoms with Crippen molar-refractivity contribution in [3.05, 3.63) is 86.9 Å². The van der Waals surface area contributed by atoms with E-state index in [2.05, 4.69) is 81.8 Å². The second-order valence-corrected chi connectivity index (χ2v) is 16.7. The lowest BCUT2D eigenvalue weighted by atomic mass is 9.61. The molecular weight excluding hydrogens is 639 g/mol. The first-order valence-corrected chi connectivity index (χ1v) is 18.0. The third kappa shape index (κ3) is 4.94. The van der Waals surface area contributed by atoms with Crippen LogP contribution in [0.5, 0.6) is 0 Å². The van der Waals surface area contributed by atoms with Gasteiger partial charge in [-0.1, -0.05) is 26.8 Å². The number of carbonyl (C=O) groups excluding carboxylic acids is 2. The molecule has 1 fully saturated rings. The number of carbonyl (C=O) groups is 2. The number of aliphatic imine (C=N–C) groups is 2. The van der Waals surface area contributed by atoms with Gasteiger partial charge >= 0.3 is 0 Å². The molecule has 264 valence electrons. The van der Waals surface area contributed by atoms with Crippen molar-refractivity contribution in [2.45, 2.75) is 103 Å². The standard InChI is InChI=1S/C40H47N9O2/c1-22-30-35(47-46-22)44-27-15-38(4,17-29(51)32(27)39(30,5)24-10-9-13-43-20-24)21-49-34(23-11-12-23)33-36(48-49)45-26-14-37(2,3)16-28(50)31(26)40(33,6)25(18-41-7)19-42-8/h9-10,13,18-20,23H,7,11-12,14-17,21H2,1-6,8H3,(H,45,48)(H2,44,46,47)/b25-18+,42-19-. The summed E-state index contributed by atoms with van der Waals surface area (Å²) in [6, 6.07) is 3.98. The number of aryl methyl sites for hydroxylation is 1. The number of aromatic nitrogens is 5. The highest BCUT2D eigenvalue weighted by molar-refractivity contribution is 6.05. The second kappa shape index (κ2) is 11.3. The Balaban J connectivity index is 1.25. The normalized spacial score (nSPS) is 28.6. The molecule has 0 spiro atoms. The average molecular weight is 686 g/mol. The predicted molar refractivity (Wildman–Crippen MR) is 199 cm³/mol. The highest BCUT2D eigenvalue weighted by Crippen LogP contribution is 2.58. The zero-order valence-electron chi connectivity index (χ0n) is 30.7. The van der Waals surface area contributed by atoms with Crippen molar-refractivity contribution in [1.82, 2.24) is 25.0 Å². The largest absolute Gasteiger partial charge is 0.342 e. The van der Waals surface area contributed by atoms with Crippen LogP contribution in [0, 0.1) is 17.8 Å². The van der Waals surface area contributed by atoms with Crippen LogP contribution in [0.25, 0.3) is 0 Å². The summed E-state index contributed by atoms with van der Waals surface area (Å²) in [5.41, 5.74) is 7.01. The number of anilines is 2. The molecule has 3 aliphatic carbocycles. The third-order valence-corrected chi connectivity index (χ3v) is 11.9. The topological polar surface area (TPSA) is 142 Å². The van der Waals surface area contributed by atoms with Crippen LogP contribution in [0.4, 0.5) is 11.6 Å². The minimum absolute atomic E-state index is 0.114. The van der Waals surface area contributed by atoms with E-state index in [4.69, 9.17) is 5.10 Å². The third-order valence-electron chi connectivity index (χ3n) is 11.9. The van der Waals surface area contributed by atoms with E-state index in [0.29, 0.717) is 31.7 Å². The van der Waals surface area contributed by atoms with Crippen LogP contribution in [0.15, 0.2) is 68.8 Å². The average Bonchev–Trinajstić information content (AvgIpc) is 3.73. The lowest BCUT2D eigenvalue weighted by Gasteiger charge is -2.45. The Morgan fingerprint density at radius 1 is 1.00 bits per heavy atom. The fraction of sp³-hybridized carbons (Fsp3) is 0.475. The van der Waals surface area contributed by atoms with Gasteiger partial charge in [0, 0.05) is 108 Å². The van der Waals surface area contributed by atoms with Crippen LogP contribution in [0.2, 0.25) is 0 Å². The molecule has 5 heterocycles. The molecule has 8 rings (SSSR count). The minimum Gasteiger partial charge on any atom is -0.342 e. The monoisotopic (exact) mass is 685 g/mol. The molecule has 1 saturated carbocycles. The molecular formula is C40H47N9O2. The molecule has 11 nitrogen and oxygen atoms in total. The molecule has 0 amide bonds. The molecule has 2 aliphatic heterocycles. The summed E-state index contributed by atoms with van der Waals surface area (Å²) in [7, 11) is 1.74. The molecule has 0 aromatic carbocycles. The fourth-order valence-corrected chi connectivity index (χ4v) is 9.77. The SMILES string of the molecule is C=N/C=C(\C=N/C)C1(C)C2=C(CC(C)(C)CC2=O)Nc2nn(CC3(C)CC(=O)C4=C(C3)Nc3n[nH]c(C)c3C4(C)c3cccnc3)c(C3CC3)c21. The maximum Gasteiger partial charge on any atom is 0.162 e. The van der Waals surface area contributed by atoms with Gasteiger partial charge in [-0.2, -0.15) is 10.2 Å². The van der Waals surface area contributed by atoms with Crippen LogP contribution >= 0.6 is 0 Å². The van der Waals surface area contributed by atoms with Crippen molar-refractivity contribution in [2.24, 2.45) is 20.8 Å². The number of hydrogen-bond donors (Lipinski definition) is 3. The number of rotatable bonds is 7. The van der Waals surface area contributed by atoms with Crippen LogP contribution < -0.4 is 10.6 Å². The highest BCUT2D eigenvalue weighted by Gasteiger charge is 2.54. The molecule has 51 heavy (non-hydrogen) atoms. The lowest BCUT2D eigenvalue weighted by Crippen LogP contribution is -2.44. The maximum absolute atomic E-state index is 14.6. The maximum atomic E-state index is 14.6. The number of ketones is 2. The summed E-state index contributed by atoms with van der Waals surface area (Å²) in [6.45, 7) is 17.1. The van der Waals surface area contributed by atoms with E-state index in [0.717, 1.165) is 87.1 Å². The van der Waals surface area contributed by atoms with Crippen molar-refractivity contribution >= 4 is 36.1 Å². The number of pyridine rings is 1. The fourth-order valence-electron chi connectivity index (χ4n) is 9.77. The second-order valence-electron chi connectivity index (χ2n) is 16.7. The van der Waals surface area contributed by atoms with Gasteiger partial charge in [-0.3, -0.25) is 34.3 Å². The molecule has 0 bridgehead atoms. The number of hydrogen-bond acceptors (Lipinski definition) is 9. The van der Waals surface area contributed by atoms with Crippen LogP contribution in [0.3, 0.4) is 0 Å². The van der Waals surface area contributed by atoms with Gasteiger partial charge in [0.15, 0.2) is 23.2 Å². The van der Waals surface area contributed by atoms with Gasteiger partial charge in [-0.25, -0.2) is 0 Å². The summed E-state index contributed by atoms with van der Waals surface area (Å²) in [5, 5.41) is 20.4. The molecule has 11 heteroatoms. The van der Waals surface area contributed by atoms with Gasteiger partial charge in [0.1, 0.15) is 0 Å². The van der Waals surface area contributed by atoms with E-state index >= 15 is 0 Å². The van der Waals surface area contributed by atoms with Gasteiger partial charge in [0.2, 0.25) is 0 Å². The molecule has 5 aliphatic rings. The molecule has 0 saturated heterocycles. The van der Waals surface area contributed by atoms with Crippen molar-refractivity contribution in [2.75, 3.05) is 17.7 Å². The number of nitrogens with zero attached hydrogens (tertiary/aromatic N) is 6. The van der Waals surface area contributed by atoms with E-state index < -0.39 is 16.2 Å². The Bertz CT molecular complexity index is 2140. The Labute approximate surface area is 298 Å². The smallest absolute Gasteiger partial charge is 0.162 e. The van der Waals surface area contributed by atoms with E-state index in [1.54, 1.807) is 19.4 Å². The summed E-state index contributed by atoms with van der Waals surface area (Å²) >= 11 is 0. The highest BCUT2D eigenvalue weighted by atomic mass is 16.1. The number of nitrogens with one attached hydrogen (secondary N) is 3. The predicted octanol–water partition coefficient (Wildman–Crippen LogP) is 6.85. The van der Waals surface area contributed by atoms with Crippen molar-refractivity contribution in [3.8, 4) is 0 Å².